The summed E-state index contributed by atoms with van der Waals surface area (Å²) in [6.07, 6.45) is 22.2. The number of aliphatic carboxylic acids is 1. The minimum absolute atomic E-state index is 0.0591. The molecule has 6 unspecified atom stereocenters. The molecule has 0 aromatic heterocycles. The van der Waals surface area contributed by atoms with E-state index in [-0.39, 0.29) is 115 Å². The van der Waals surface area contributed by atoms with Gasteiger partial charge in [0.15, 0.2) is 0 Å². The van der Waals surface area contributed by atoms with E-state index in [0.717, 1.165) is 30.6 Å². The number of esters is 9. The molecular weight excluding hydrogens is 1960 g/mol. The van der Waals surface area contributed by atoms with E-state index in [1.807, 2.05) is 113 Å². The number of terminal acetylenes is 1. The number of fused-ring (bicyclic) bond motifs is 9. The molecule has 9 aliphatic heterocycles. The highest BCUT2D eigenvalue weighted by Crippen LogP contribution is 2.46. The van der Waals surface area contributed by atoms with E-state index < -0.39 is 203 Å². The van der Waals surface area contributed by atoms with Gasteiger partial charge >= 0.3 is 84.1 Å². The van der Waals surface area contributed by atoms with E-state index in [0.29, 0.717) is 19.6 Å². The number of rotatable bonds is 36. The highest BCUT2D eigenvalue weighted by atomic mass is 35.5. The Labute approximate surface area is 871 Å². The second-order valence-electron chi connectivity index (χ2n) is 36.5. The first-order valence-electron chi connectivity index (χ1n) is 48.5. The molecule has 6 saturated heterocycles. The molecule has 43 heteroatoms. The van der Waals surface area contributed by atoms with Crippen molar-refractivity contribution in [2.24, 2.45) is 70.6 Å². The van der Waals surface area contributed by atoms with Crippen LogP contribution in [-0.2, 0) is 133 Å². The number of hydrogen-bond acceptors (Lipinski definition) is 36. The second kappa shape index (κ2) is 69.2. The lowest BCUT2D eigenvalue weighted by atomic mass is 9.83. The maximum Gasteiger partial charge on any atom is 0.407 e. The van der Waals surface area contributed by atoms with Crippen molar-refractivity contribution >= 4 is 119 Å². The van der Waals surface area contributed by atoms with Gasteiger partial charge in [0, 0.05) is 26.3 Å². The standard InChI is InChI=1S/C26H35NO7.C22H34N2O9.C20H26N2O5.C15H21NO7.C8H6O4.C4H8O.2C3H8O.C2H2.CH2Cl2/c1-6-16-31-23(28)21-19(7-2)33-20(14-13-18-11-9-8-10-12-18)22(21)24(29)32-17-15-27-25(30)34-26(3,4)5;1-21(2,3)32-19(27)23-9-11-29-17(25)15-13-7-8-14(31-13)16(15)18(26)30-12-10-24-20(28)33-22(4,5)6;1-2-15-17(19(23)25-12-10-21)18(20(24)26-13-11-22)16(27-15)9-8-14-6-4-3-5-7-14;1-15(2,3)23-14(20)16-6-7-21-13(19)11-9-5-4-8(22-9)10(11)12(17)18;9-7-5-3-1-2-4(11-3)6(5)8(10)12-7;1-3-5-4-2;2*1-2-3-4;1-2;2-1-3/h7-14,19-22H,2,6,15-17H2,1,3-5H3,(H,27,30);7-8,13-16H,9-12H2,1-6H3,(H,23,27)(H,24,28);2-9,15-18H,1,10-13,21-22H2;4-5,8-11H,6-7H2,1-3H3,(H,16,20)(H,17,18);1-6H;3H,1,4H2,2H3;2*4H,2-3H2,1H3;1-2H;1H2/t19-,20+,21-,22+;13?,14?,15-,16+;15-,16+,17-,18+;8?,9?,10-,11+;3?,4?,5-,6+;;;;;/m0.00....../s1/i;;;;;;;;1D;. The molecule has 0 spiro atoms. The van der Waals surface area contributed by atoms with Gasteiger partial charge in [0.25, 0.3) is 0 Å². The van der Waals surface area contributed by atoms with Gasteiger partial charge in [-0.15, -0.1) is 49.2 Å². The van der Waals surface area contributed by atoms with Gasteiger partial charge in [0.05, 0.1) is 112 Å². The Kier molecular flexibility index (Phi) is 60.8. The highest BCUT2D eigenvalue weighted by Gasteiger charge is 2.61. The van der Waals surface area contributed by atoms with Gasteiger partial charge in [-0.05, 0) is 120 Å². The molecule has 11 rings (SSSR count). The number of carboxylic acid groups (broad SMARTS) is 1. The van der Waals surface area contributed by atoms with E-state index in [4.69, 9.17) is 122 Å². The number of aliphatic hydroxyl groups excluding tert-OH is 2. The number of nitrogens with two attached hydrogens (primary N) is 2. The normalized spacial score (nSPS) is 24.2. The SMILES string of the molecule is C=COCC.C=C[C@@H]1O[C@H](C=Cc2ccccc2)[C@@H](C(=O)OCCN)[C@H]1C(=O)OCCN.C=C[C@@H]1O[C@H](C=Cc2ccccc2)[C@@H](C(=O)OCCNC(=O)OC(C)(C)C)[C@H]1C(=O)OCCC.CC(C)(C)OC(=O)NCCOC(=O)[C@@H]1C2C=CC(O2)[C@@H]1C(=O)O.CC(C)(C)OC(=O)NCCOC(=O)[C@@H]1C2C=CC(O2)[C@@H]1C(=O)OCCNC(=O)OC(C)(C)C.CCCO.CCCO.ClCCl.O=C1OC(=O)[C@H]2C3C=CC(O3)[C@@H]12.[2H]C#C. The Morgan fingerprint density at radius 1 is 0.408 bits per heavy atom. The van der Waals surface area contributed by atoms with Crippen molar-refractivity contribution < 1.29 is 169 Å². The number of carbonyl (C=O) groups is 14. The first kappa shape index (κ1) is 129. The maximum atomic E-state index is 13.1. The Morgan fingerprint density at radius 2 is 0.660 bits per heavy atom. The van der Waals surface area contributed by atoms with Crippen molar-refractivity contribution in [3.63, 3.8) is 0 Å². The van der Waals surface area contributed by atoms with E-state index in [9.17, 15) is 72.2 Å². The van der Waals surface area contributed by atoms with Crippen LogP contribution in [0.1, 0.15) is 143 Å². The Morgan fingerprint density at radius 3 is 0.905 bits per heavy atom. The summed E-state index contributed by atoms with van der Waals surface area (Å²) in [5.41, 5.74) is 10.2. The predicted octanol–water partition coefficient (Wildman–Crippen LogP) is 10.5. The van der Waals surface area contributed by atoms with Crippen molar-refractivity contribution in [3.8, 4) is 12.8 Å². The molecule has 2 aromatic carbocycles. The molecule has 20 atom stereocenters. The van der Waals surface area contributed by atoms with Gasteiger partial charge < -0.3 is 133 Å². The van der Waals surface area contributed by atoms with Crippen molar-refractivity contribution in [1.29, 1.82) is 0 Å². The Balaban J connectivity index is 0.000000609. The molecule has 41 nitrogen and oxygen atoms in total. The quantitative estimate of drug-likeness (QED) is 0.00447. The molecule has 0 radical (unpaired) electrons. The van der Waals surface area contributed by atoms with Crippen LogP contribution in [0.2, 0.25) is 0 Å². The molecule has 147 heavy (non-hydrogen) atoms. The number of ether oxygens (including phenoxy) is 18. The number of carboxylic acids is 1. The number of benzene rings is 2. The monoisotopic (exact) mass is 2110 g/mol. The summed E-state index contributed by atoms with van der Waals surface area (Å²) in [4.78, 5) is 168. The summed E-state index contributed by atoms with van der Waals surface area (Å²) >= 11 is 9.53. The summed E-state index contributed by atoms with van der Waals surface area (Å²) in [7, 11) is 0. The third-order valence-electron chi connectivity index (χ3n) is 20.4. The second-order valence-corrected chi connectivity index (χ2v) is 37.3. The molecule has 0 aliphatic carbocycles. The highest BCUT2D eigenvalue weighted by molar-refractivity contribution is 6.40. The minimum Gasteiger partial charge on any atom is -0.502 e. The number of cyclic esters (lactones) is 2. The zero-order chi connectivity index (χ0) is 111. The molecule has 11 N–H and O–H groups in total. The number of alkyl halides is 2. The number of alkyl carbamates (subject to hydrolysis) is 4. The Bertz CT molecular complexity index is 4580. The fourth-order valence-electron chi connectivity index (χ4n) is 14.6. The summed E-state index contributed by atoms with van der Waals surface area (Å²) in [6, 6.07) is 19.1. The molecule has 0 saturated carbocycles. The molecule has 6 bridgehead atoms. The zero-order valence-electron chi connectivity index (χ0n) is 87.5. The van der Waals surface area contributed by atoms with Crippen molar-refractivity contribution in [3.05, 3.63) is 159 Å². The average molecular weight is 2120 g/mol. The van der Waals surface area contributed by atoms with Gasteiger partial charge in [-0.2, -0.15) is 0 Å². The molecule has 820 valence electrons. The van der Waals surface area contributed by atoms with Gasteiger partial charge in [-0.1, -0.05) is 161 Å². The number of aliphatic hydroxyl groups is 2. The van der Waals surface area contributed by atoms with Crippen molar-refractivity contribution in [2.45, 2.75) is 213 Å². The van der Waals surface area contributed by atoms with Crippen LogP contribution in [0.25, 0.3) is 12.2 Å². The van der Waals surface area contributed by atoms with E-state index in [1.54, 1.807) is 120 Å². The molecular formula is C104H150Cl2N6O35. The van der Waals surface area contributed by atoms with E-state index in [1.165, 1.54) is 24.8 Å². The predicted molar refractivity (Wildman–Crippen MR) is 541 cm³/mol. The smallest absolute Gasteiger partial charge is 0.407 e. The molecule has 9 heterocycles. The summed E-state index contributed by atoms with van der Waals surface area (Å²) in [5.74, 6) is -13.8. The number of amides is 4. The number of hydrogen-bond donors (Lipinski definition) is 9. The fourth-order valence-corrected chi connectivity index (χ4v) is 14.6. The van der Waals surface area contributed by atoms with Crippen molar-refractivity contribution in [2.75, 3.05) is 111 Å². The van der Waals surface area contributed by atoms with Crippen LogP contribution in [0.3, 0.4) is 0 Å². The van der Waals surface area contributed by atoms with Gasteiger partial charge in [-0.25, -0.2) is 19.2 Å². The lowest BCUT2D eigenvalue weighted by Crippen LogP contribution is -2.40. The van der Waals surface area contributed by atoms with Crippen LogP contribution in [0, 0.1) is 72.0 Å². The minimum atomic E-state index is -1.09. The molecule has 9 aliphatic rings. The van der Waals surface area contributed by atoms with Crippen LogP contribution in [0.4, 0.5) is 19.2 Å². The topological polar surface area (TPSA) is 566 Å². The van der Waals surface area contributed by atoms with Crippen LogP contribution in [0.5, 0.6) is 0 Å². The average Bonchev–Trinajstić information content (AvgIpc) is 1.58. The van der Waals surface area contributed by atoms with E-state index >= 15 is 0 Å². The van der Waals surface area contributed by atoms with Crippen LogP contribution >= 0.6 is 23.2 Å². The first-order chi connectivity index (χ1) is 70.1. The number of nitrogens with one attached hydrogen (secondary N) is 4. The fraction of sp³-hybridized carbons (Fsp3) is 0.577. The number of carbonyl (C=O) groups excluding carboxylic acids is 13. The zero-order valence-corrected chi connectivity index (χ0v) is 88.0. The van der Waals surface area contributed by atoms with Crippen LogP contribution < -0.4 is 32.7 Å². The lowest BCUT2D eigenvalue weighted by Gasteiger charge is -2.23. The summed E-state index contributed by atoms with van der Waals surface area (Å²) < 4.78 is 100. The molecule has 6 fully saturated rings. The van der Waals surface area contributed by atoms with Crippen molar-refractivity contribution in [1.82, 2.24) is 21.3 Å². The van der Waals surface area contributed by atoms with Gasteiger partial charge in [-0.3, -0.25) is 47.9 Å². The first-order valence-corrected chi connectivity index (χ1v) is 49.0. The summed E-state index contributed by atoms with van der Waals surface area (Å²) in [5, 5.41) is 35.1. The molecule has 4 amide bonds. The van der Waals surface area contributed by atoms with Crippen LogP contribution in [-0.4, -0.2) is 294 Å². The number of halogens is 2. The summed E-state index contributed by atoms with van der Waals surface area (Å²) in [6.45, 7) is 41.4. The Hall–Kier alpha value is -12.1. The third kappa shape index (κ3) is 47.8. The van der Waals surface area contributed by atoms with Gasteiger partial charge in [0.2, 0.25) is 0 Å². The maximum absolute atomic E-state index is 13.1. The van der Waals surface area contributed by atoms with Crippen LogP contribution in [0.15, 0.2) is 147 Å². The largest absolute Gasteiger partial charge is 0.502 e. The lowest BCUT2D eigenvalue weighted by molar-refractivity contribution is -0.159. The van der Waals surface area contributed by atoms with E-state index in [2.05, 4.69) is 56.9 Å². The third-order valence-corrected chi connectivity index (χ3v) is 20.4. The van der Waals surface area contributed by atoms with Gasteiger partial charge in [0.1, 0.15) is 123 Å². The molecule has 2 aromatic rings.